The van der Waals surface area contributed by atoms with E-state index < -0.39 is 5.91 Å². The number of ether oxygens (including phenoxy) is 1. The van der Waals surface area contributed by atoms with Gasteiger partial charge in [0, 0.05) is 23.4 Å². The standard InChI is InChI=1S/C18H25N3O4/c1-4-6-7-16(22)19-15-10-8-14(9-11-15)18(24)21-20-13(3)12-17(23)25-5-2/h8-11H,4-7,12H2,1-3H3,(H,19,22)(H,21,24)/b20-13+. The van der Waals surface area contributed by atoms with Crippen molar-refractivity contribution in [2.24, 2.45) is 5.10 Å². The van der Waals surface area contributed by atoms with Crippen LogP contribution in [0.5, 0.6) is 0 Å². The Morgan fingerprint density at radius 3 is 2.40 bits per heavy atom. The fourth-order valence-corrected chi connectivity index (χ4v) is 1.94. The van der Waals surface area contributed by atoms with E-state index in [4.69, 9.17) is 4.74 Å². The number of amides is 2. The summed E-state index contributed by atoms with van der Waals surface area (Å²) in [6, 6.07) is 6.52. The van der Waals surface area contributed by atoms with Crippen molar-refractivity contribution in [1.82, 2.24) is 5.43 Å². The zero-order chi connectivity index (χ0) is 18.7. The number of hydrogen-bond donors (Lipinski definition) is 2. The molecule has 136 valence electrons. The molecule has 7 nitrogen and oxygen atoms in total. The van der Waals surface area contributed by atoms with Crippen LogP contribution in [0.25, 0.3) is 0 Å². The first kappa shape index (κ1) is 20.3. The van der Waals surface area contributed by atoms with Crippen molar-refractivity contribution in [3.8, 4) is 0 Å². The van der Waals surface area contributed by atoms with Gasteiger partial charge in [0.1, 0.15) is 0 Å². The monoisotopic (exact) mass is 347 g/mol. The molecule has 7 heteroatoms. The number of hydrazone groups is 1. The van der Waals surface area contributed by atoms with Crippen molar-refractivity contribution in [2.75, 3.05) is 11.9 Å². The highest BCUT2D eigenvalue weighted by atomic mass is 16.5. The maximum absolute atomic E-state index is 12.0. The summed E-state index contributed by atoms with van der Waals surface area (Å²) < 4.78 is 4.81. The quantitative estimate of drug-likeness (QED) is 0.408. The molecule has 0 saturated carbocycles. The van der Waals surface area contributed by atoms with Gasteiger partial charge in [0.25, 0.3) is 5.91 Å². The van der Waals surface area contributed by atoms with Gasteiger partial charge in [-0.05, 0) is 44.5 Å². The molecule has 0 atom stereocenters. The third-order valence-electron chi connectivity index (χ3n) is 3.24. The Morgan fingerprint density at radius 1 is 1.12 bits per heavy atom. The van der Waals surface area contributed by atoms with Crippen molar-refractivity contribution in [2.45, 2.75) is 46.5 Å². The number of carbonyl (C=O) groups is 3. The lowest BCUT2D eigenvalue weighted by atomic mass is 10.2. The number of nitrogens with zero attached hydrogens (tertiary/aromatic N) is 1. The summed E-state index contributed by atoms with van der Waals surface area (Å²) in [6.07, 6.45) is 2.31. The van der Waals surface area contributed by atoms with E-state index in [1.807, 2.05) is 6.92 Å². The molecule has 1 aromatic rings. The van der Waals surface area contributed by atoms with Crippen molar-refractivity contribution in [1.29, 1.82) is 0 Å². The summed E-state index contributed by atoms with van der Waals surface area (Å²) in [7, 11) is 0. The molecular formula is C18H25N3O4. The molecule has 0 aliphatic carbocycles. The maximum atomic E-state index is 12.0. The van der Waals surface area contributed by atoms with Crippen molar-refractivity contribution in [3.05, 3.63) is 29.8 Å². The molecule has 0 aliphatic rings. The average molecular weight is 347 g/mol. The van der Waals surface area contributed by atoms with E-state index in [1.54, 1.807) is 38.1 Å². The van der Waals surface area contributed by atoms with Gasteiger partial charge in [-0.15, -0.1) is 0 Å². The number of benzene rings is 1. The van der Waals surface area contributed by atoms with Crippen molar-refractivity contribution >= 4 is 29.2 Å². The first-order valence-corrected chi connectivity index (χ1v) is 8.35. The Hall–Kier alpha value is -2.70. The van der Waals surface area contributed by atoms with Crippen molar-refractivity contribution in [3.63, 3.8) is 0 Å². The number of esters is 1. The summed E-state index contributed by atoms with van der Waals surface area (Å²) in [5.74, 6) is -0.827. The van der Waals surface area contributed by atoms with Crippen LogP contribution < -0.4 is 10.7 Å². The Balaban J connectivity index is 2.53. The zero-order valence-corrected chi connectivity index (χ0v) is 14.9. The van der Waals surface area contributed by atoms with E-state index in [2.05, 4.69) is 15.8 Å². The highest BCUT2D eigenvalue weighted by Crippen LogP contribution is 2.10. The van der Waals surface area contributed by atoms with Gasteiger partial charge < -0.3 is 10.1 Å². The molecule has 0 aliphatic heterocycles. The second-order valence-corrected chi connectivity index (χ2v) is 5.50. The minimum absolute atomic E-state index is 0.0247. The van der Waals surface area contributed by atoms with E-state index in [0.29, 0.717) is 30.0 Å². The van der Waals surface area contributed by atoms with Crippen molar-refractivity contribution < 1.29 is 19.1 Å². The second kappa shape index (κ2) is 11.0. The Morgan fingerprint density at radius 2 is 1.80 bits per heavy atom. The average Bonchev–Trinajstić information content (AvgIpc) is 2.58. The smallest absolute Gasteiger partial charge is 0.311 e. The minimum Gasteiger partial charge on any atom is -0.466 e. The van der Waals surface area contributed by atoms with E-state index in [0.717, 1.165) is 12.8 Å². The van der Waals surface area contributed by atoms with E-state index in [9.17, 15) is 14.4 Å². The van der Waals surface area contributed by atoms with Crippen LogP contribution in [0.15, 0.2) is 29.4 Å². The number of hydrogen-bond acceptors (Lipinski definition) is 5. The molecule has 1 rings (SSSR count). The summed E-state index contributed by atoms with van der Waals surface area (Å²) >= 11 is 0. The molecule has 0 unspecified atom stereocenters. The highest BCUT2D eigenvalue weighted by Gasteiger charge is 2.08. The van der Waals surface area contributed by atoms with Crippen LogP contribution in [0.3, 0.4) is 0 Å². The highest BCUT2D eigenvalue weighted by molar-refractivity contribution is 6.00. The van der Waals surface area contributed by atoms with E-state index >= 15 is 0 Å². The Bertz CT molecular complexity index is 624. The van der Waals surface area contributed by atoms with Crippen LogP contribution in [0.2, 0.25) is 0 Å². The topological polar surface area (TPSA) is 96.9 Å². The normalized spacial score (nSPS) is 10.9. The molecule has 25 heavy (non-hydrogen) atoms. The summed E-state index contributed by atoms with van der Waals surface area (Å²) in [5, 5.41) is 6.65. The van der Waals surface area contributed by atoms with Gasteiger partial charge in [0.05, 0.1) is 13.0 Å². The Labute approximate surface area is 147 Å². The molecule has 2 N–H and O–H groups in total. The molecule has 0 aromatic heterocycles. The van der Waals surface area contributed by atoms with Crippen LogP contribution in [0.1, 0.15) is 56.8 Å². The lowest BCUT2D eigenvalue weighted by Gasteiger charge is -2.06. The molecule has 1 aromatic carbocycles. The molecule has 0 saturated heterocycles. The van der Waals surface area contributed by atoms with Crippen LogP contribution in [-0.2, 0) is 14.3 Å². The van der Waals surface area contributed by atoms with E-state index in [1.165, 1.54) is 0 Å². The second-order valence-electron chi connectivity index (χ2n) is 5.50. The van der Waals surface area contributed by atoms with Gasteiger partial charge >= 0.3 is 5.97 Å². The zero-order valence-electron chi connectivity index (χ0n) is 14.9. The molecular weight excluding hydrogens is 322 g/mol. The number of nitrogens with one attached hydrogen (secondary N) is 2. The van der Waals surface area contributed by atoms with Gasteiger partial charge in [-0.25, -0.2) is 5.43 Å². The summed E-state index contributed by atoms with van der Waals surface area (Å²) in [5.41, 5.74) is 3.88. The summed E-state index contributed by atoms with van der Waals surface area (Å²) in [4.78, 5) is 35.0. The predicted octanol–water partition coefficient (Wildman–Crippen LogP) is 2.87. The summed E-state index contributed by atoms with van der Waals surface area (Å²) in [6.45, 7) is 5.69. The van der Waals surface area contributed by atoms with Crippen LogP contribution in [-0.4, -0.2) is 30.1 Å². The number of unbranched alkanes of at least 4 members (excludes halogenated alkanes) is 1. The third-order valence-corrected chi connectivity index (χ3v) is 3.24. The molecule has 0 spiro atoms. The van der Waals surface area contributed by atoms with Crippen LogP contribution in [0.4, 0.5) is 5.69 Å². The first-order valence-electron chi connectivity index (χ1n) is 8.35. The third kappa shape index (κ3) is 8.10. The van der Waals surface area contributed by atoms with Gasteiger partial charge in [-0.3, -0.25) is 14.4 Å². The minimum atomic E-state index is -0.396. The molecule has 2 amide bonds. The Kier molecular flexibility index (Phi) is 8.92. The largest absolute Gasteiger partial charge is 0.466 e. The molecule has 0 bridgehead atoms. The van der Waals surface area contributed by atoms with E-state index in [-0.39, 0.29) is 18.3 Å². The first-order chi connectivity index (χ1) is 12.0. The number of rotatable bonds is 9. The lowest BCUT2D eigenvalue weighted by Crippen LogP contribution is -2.20. The maximum Gasteiger partial charge on any atom is 0.311 e. The number of anilines is 1. The fraction of sp³-hybridized carbons (Fsp3) is 0.444. The van der Waals surface area contributed by atoms with Crippen LogP contribution in [0, 0.1) is 0 Å². The van der Waals surface area contributed by atoms with Gasteiger partial charge in [-0.1, -0.05) is 13.3 Å². The SMILES string of the molecule is CCCCC(=O)Nc1ccc(C(=O)N/N=C(\C)CC(=O)OCC)cc1. The van der Waals surface area contributed by atoms with Gasteiger partial charge in [-0.2, -0.15) is 5.10 Å². The lowest BCUT2D eigenvalue weighted by molar-refractivity contribution is -0.141. The fourth-order valence-electron chi connectivity index (χ4n) is 1.94. The number of carbonyl (C=O) groups excluding carboxylic acids is 3. The molecule has 0 fully saturated rings. The van der Waals surface area contributed by atoms with Crippen LogP contribution >= 0.6 is 0 Å². The van der Waals surface area contributed by atoms with Gasteiger partial charge in [0.15, 0.2) is 0 Å². The molecule has 0 heterocycles. The predicted molar refractivity (Wildman–Crippen MR) is 96.4 cm³/mol. The van der Waals surface area contributed by atoms with Gasteiger partial charge in [0.2, 0.25) is 5.91 Å². The molecule has 0 radical (unpaired) electrons.